The van der Waals surface area contributed by atoms with Crippen LogP contribution in [-0.2, 0) is 6.42 Å². The lowest BCUT2D eigenvalue weighted by molar-refractivity contribution is 0.0531. The molecule has 0 unspecified atom stereocenters. The van der Waals surface area contributed by atoms with E-state index in [1.54, 1.807) is 41.3 Å². The number of nitrogens with zero attached hydrogens (tertiary/aromatic N) is 3. The molecule has 2 amide bonds. The number of piperazine rings is 1. The minimum absolute atomic E-state index is 0.173. The highest BCUT2D eigenvalue weighted by molar-refractivity contribution is 6.43. The summed E-state index contributed by atoms with van der Waals surface area (Å²) in [7, 11) is 3.00. The summed E-state index contributed by atoms with van der Waals surface area (Å²) in [5.41, 5.74) is 1.09. The molecule has 1 saturated heterocycles. The second-order valence-electron chi connectivity index (χ2n) is 9.31. The van der Waals surface area contributed by atoms with Crippen LogP contribution in [0.5, 0.6) is 23.1 Å². The van der Waals surface area contributed by atoms with Gasteiger partial charge in [0.25, 0.3) is 11.8 Å². The quantitative estimate of drug-likeness (QED) is 0.361. The van der Waals surface area contributed by atoms with Gasteiger partial charge in [0, 0.05) is 26.2 Å². The largest absolute Gasteiger partial charge is 0.506 e. The molecule has 4 rings (SSSR count). The van der Waals surface area contributed by atoms with Crippen LogP contribution in [-0.4, -0.2) is 77.2 Å². The molecule has 212 valence electrons. The van der Waals surface area contributed by atoms with E-state index in [9.17, 15) is 19.8 Å². The zero-order valence-corrected chi connectivity index (χ0v) is 24.1. The average molecular weight is 588 g/mol. The molecule has 1 aliphatic heterocycles. The maximum Gasteiger partial charge on any atom is 0.263 e. The highest BCUT2D eigenvalue weighted by Gasteiger charge is 2.33. The van der Waals surface area contributed by atoms with Crippen molar-refractivity contribution in [3.8, 4) is 34.3 Å². The Kier molecular flexibility index (Phi) is 9.27. The highest BCUT2D eigenvalue weighted by Crippen LogP contribution is 2.47. The van der Waals surface area contributed by atoms with E-state index in [4.69, 9.17) is 32.7 Å². The zero-order chi connectivity index (χ0) is 29.0. The summed E-state index contributed by atoms with van der Waals surface area (Å²) in [4.78, 5) is 34.1. The fraction of sp³-hybridized carbons (Fsp3) is 0.345. The van der Waals surface area contributed by atoms with Gasteiger partial charge in [-0.3, -0.25) is 9.59 Å². The minimum Gasteiger partial charge on any atom is -0.506 e. The van der Waals surface area contributed by atoms with E-state index in [1.807, 2.05) is 6.92 Å². The van der Waals surface area contributed by atoms with E-state index in [-0.39, 0.29) is 58.8 Å². The molecule has 0 atom stereocenters. The second-order valence-corrected chi connectivity index (χ2v) is 10.1. The molecule has 0 aliphatic carbocycles. The zero-order valence-electron chi connectivity index (χ0n) is 22.5. The van der Waals surface area contributed by atoms with E-state index < -0.39 is 17.5 Å². The molecule has 0 bridgehead atoms. The summed E-state index contributed by atoms with van der Waals surface area (Å²) >= 11 is 12.3. The van der Waals surface area contributed by atoms with Crippen LogP contribution in [0.3, 0.4) is 0 Å². The maximum atomic E-state index is 13.7. The SMILES string of the molecule is CCCCc1nc(O)c(C(=O)N2CCN(C(=O)c3cccc(Cl)c3Cl)CC2)c(O)c1-c1c(OC)cccc1OC. The normalized spacial score (nSPS) is 13.3. The predicted molar refractivity (Wildman–Crippen MR) is 153 cm³/mol. The smallest absolute Gasteiger partial charge is 0.263 e. The van der Waals surface area contributed by atoms with Gasteiger partial charge in [-0.2, -0.15) is 0 Å². The molecule has 1 fully saturated rings. The molecule has 0 saturated carbocycles. The molecule has 40 heavy (non-hydrogen) atoms. The molecule has 2 heterocycles. The van der Waals surface area contributed by atoms with E-state index in [0.29, 0.717) is 29.2 Å². The number of aromatic nitrogens is 1. The average Bonchev–Trinajstić information content (AvgIpc) is 2.96. The van der Waals surface area contributed by atoms with Crippen LogP contribution < -0.4 is 9.47 Å². The molecule has 3 aromatic rings. The predicted octanol–water partition coefficient (Wildman–Crippen LogP) is 5.42. The number of hydrogen-bond donors (Lipinski definition) is 2. The Balaban J connectivity index is 1.67. The Morgan fingerprint density at radius 2 is 1.48 bits per heavy atom. The topological polar surface area (TPSA) is 112 Å². The number of carbonyl (C=O) groups is 2. The van der Waals surface area contributed by atoms with Gasteiger partial charge in [0.1, 0.15) is 22.8 Å². The molecule has 9 nitrogen and oxygen atoms in total. The van der Waals surface area contributed by atoms with Crippen molar-refractivity contribution in [2.45, 2.75) is 26.2 Å². The van der Waals surface area contributed by atoms with Crippen LogP contribution in [0.25, 0.3) is 11.1 Å². The molecular weight excluding hydrogens is 557 g/mol. The van der Waals surface area contributed by atoms with Crippen LogP contribution >= 0.6 is 23.2 Å². The van der Waals surface area contributed by atoms with Gasteiger partial charge in [0.2, 0.25) is 5.88 Å². The van der Waals surface area contributed by atoms with Crippen molar-refractivity contribution in [3.05, 3.63) is 63.3 Å². The lowest BCUT2D eigenvalue weighted by Gasteiger charge is -2.35. The Morgan fingerprint density at radius 1 is 0.900 bits per heavy atom. The van der Waals surface area contributed by atoms with Gasteiger partial charge in [0.05, 0.1) is 46.6 Å². The molecule has 0 radical (unpaired) electrons. The first kappa shape index (κ1) is 29.3. The van der Waals surface area contributed by atoms with Crippen molar-refractivity contribution in [1.82, 2.24) is 14.8 Å². The standard InChI is InChI=1S/C29H31Cl2N3O6/c1-4-5-10-19-22(23-20(39-2)11-7-12-21(23)40-3)26(35)24(27(36)32-19)29(38)34-15-13-33(14-16-34)28(37)17-8-6-9-18(30)25(17)31/h6-9,11-12H,4-5,10,13-16H2,1-3H3,(H2,32,35,36). The van der Waals surface area contributed by atoms with Gasteiger partial charge < -0.3 is 29.5 Å². The second kappa shape index (κ2) is 12.7. The van der Waals surface area contributed by atoms with E-state index in [1.165, 1.54) is 19.1 Å². The molecule has 1 aromatic heterocycles. The third kappa shape index (κ3) is 5.62. The number of ether oxygens (including phenoxy) is 2. The molecule has 0 spiro atoms. The number of amides is 2. The first-order valence-electron chi connectivity index (χ1n) is 12.9. The number of pyridine rings is 1. The molecule has 11 heteroatoms. The van der Waals surface area contributed by atoms with Crippen molar-refractivity contribution >= 4 is 35.0 Å². The minimum atomic E-state index is -0.604. The van der Waals surface area contributed by atoms with Crippen molar-refractivity contribution in [2.24, 2.45) is 0 Å². The number of carbonyl (C=O) groups excluding carboxylic acids is 2. The number of aryl methyl sites for hydroxylation is 1. The number of halogens is 2. The first-order chi connectivity index (χ1) is 19.2. The van der Waals surface area contributed by atoms with Crippen LogP contribution in [0.2, 0.25) is 10.0 Å². The van der Waals surface area contributed by atoms with Crippen molar-refractivity contribution in [1.29, 1.82) is 0 Å². The van der Waals surface area contributed by atoms with E-state index >= 15 is 0 Å². The Hall–Kier alpha value is -3.69. The van der Waals surface area contributed by atoms with Crippen molar-refractivity contribution in [3.63, 3.8) is 0 Å². The maximum absolute atomic E-state index is 13.7. The van der Waals surface area contributed by atoms with Gasteiger partial charge in [0.15, 0.2) is 0 Å². The summed E-state index contributed by atoms with van der Waals surface area (Å²) in [5, 5.41) is 22.9. The van der Waals surface area contributed by atoms with Crippen LogP contribution in [0.15, 0.2) is 36.4 Å². The fourth-order valence-electron chi connectivity index (χ4n) is 4.80. The van der Waals surface area contributed by atoms with Gasteiger partial charge in [-0.25, -0.2) is 4.98 Å². The Labute approximate surface area is 242 Å². The molecule has 2 aromatic carbocycles. The first-order valence-corrected chi connectivity index (χ1v) is 13.7. The van der Waals surface area contributed by atoms with Crippen LogP contribution in [0, 0.1) is 0 Å². The summed E-state index contributed by atoms with van der Waals surface area (Å²) in [6.45, 7) is 2.82. The molecular formula is C29H31Cl2N3O6. The Bertz CT molecular complexity index is 1400. The fourth-order valence-corrected chi connectivity index (χ4v) is 5.18. The van der Waals surface area contributed by atoms with Crippen molar-refractivity contribution in [2.75, 3.05) is 40.4 Å². The van der Waals surface area contributed by atoms with Gasteiger partial charge in [-0.05, 0) is 37.1 Å². The number of aromatic hydroxyl groups is 2. The number of hydrogen-bond acceptors (Lipinski definition) is 7. The van der Waals surface area contributed by atoms with Gasteiger partial charge >= 0.3 is 0 Å². The van der Waals surface area contributed by atoms with E-state index in [0.717, 1.165) is 12.8 Å². The summed E-state index contributed by atoms with van der Waals surface area (Å²) in [6, 6.07) is 10.0. The van der Waals surface area contributed by atoms with Gasteiger partial charge in [-0.1, -0.05) is 48.7 Å². The van der Waals surface area contributed by atoms with Gasteiger partial charge in [-0.15, -0.1) is 0 Å². The number of unbranched alkanes of at least 4 members (excludes halogenated alkanes) is 1. The molecule has 1 aliphatic rings. The Morgan fingerprint density at radius 3 is 2.05 bits per heavy atom. The monoisotopic (exact) mass is 587 g/mol. The van der Waals surface area contributed by atoms with E-state index in [2.05, 4.69) is 4.98 Å². The summed E-state index contributed by atoms with van der Waals surface area (Å²) in [5.74, 6) is -1.02. The summed E-state index contributed by atoms with van der Waals surface area (Å²) in [6.07, 6.45) is 2.06. The van der Waals surface area contributed by atoms with Crippen LogP contribution in [0.4, 0.5) is 0 Å². The third-order valence-corrected chi connectivity index (χ3v) is 7.74. The lowest BCUT2D eigenvalue weighted by Crippen LogP contribution is -2.50. The summed E-state index contributed by atoms with van der Waals surface area (Å²) < 4.78 is 11.1. The van der Waals surface area contributed by atoms with Crippen LogP contribution in [0.1, 0.15) is 46.2 Å². The third-order valence-electron chi connectivity index (χ3n) is 6.92. The molecule has 2 N–H and O–H groups in total. The van der Waals surface area contributed by atoms with Crippen molar-refractivity contribution < 1.29 is 29.3 Å². The highest BCUT2D eigenvalue weighted by atomic mass is 35.5. The number of methoxy groups -OCH3 is 2. The lowest BCUT2D eigenvalue weighted by atomic mass is 9.95. The number of rotatable bonds is 8. The number of benzene rings is 2.